The molecule has 1 unspecified atom stereocenters. The topological polar surface area (TPSA) is 197 Å². The largest absolute Gasteiger partial charge is 0.382 e. The summed E-state index contributed by atoms with van der Waals surface area (Å²) in [4.78, 5) is 65.3. The van der Waals surface area contributed by atoms with E-state index in [1.807, 2.05) is 18.3 Å². The van der Waals surface area contributed by atoms with Gasteiger partial charge in [0.25, 0.3) is 17.7 Å². The standard InChI is InChI=1S/C42H49N7O9/c43-39(51)33-7-1-4-30-27-48(46-38(30)33)31-11-9-28(10-12-31)29-5-3-16-47(26-29)17-19-56-21-23-58-25-24-57-22-20-55-18-15-44-34-8-2-6-32-37(34)42(54)49(41(32)53)35-13-14-36(50)45-40(35)52/h1-2,4,6-12,27,29,35,44H,3,5,13-26H2,(H2,43,51)(H,45,50,52)/t29-,35?/m1/s1. The number of primary amides is 1. The number of fused-ring (bicyclic) bond motifs is 2. The van der Waals surface area contributed by atoms with Gasteiger partial charge in [0.15, 0.2) is 0 Å². The Balaban J connectivity index is 0.709. The monoisotopic (exact) mass is 795 g/mol. The molecule has 2 atom stereocenters. The highest BCUT2D eigenvalue weighted by molar-refractivity contribution is 6.25. The molecule has 16 nitrogen and oxygen atoms in total. The molecule has 306 valence electrons. The Bertz CT molecular complexity index is 2120. The summed E-state index contributed by atoms with van der Waals surface area (Å²) >= 11 is 0. The Kier molecular flexibility index (Phi) is 13.5. The number of carbonyl (C=O) groups excluding carboxylic acids is 5. The zero-order chi connectivity index (χ0) is 40.4. The van der Waals surface area contributed by atoms with Gasteiger partial charge < -0.3 is 34.9 Å². The lowest BCUT2D eigenvalue weighted by Gasteiger charge is -2.33. The first kappa shape index (κ1) is 40.7. The van der Waals surface area contributed by atoms with Crippen molar-refractivity contribution < 1.29 is 42.9 Å². The summed E-state index contributed by atoms with van der Waals surface area (Å²) in [6.45, 7) is 6.93. The average molecular weight is 796 g/mol. The minimum absolute atomic E-state index is 0.0664. The van der Waals surface area contributed by atoms with Crippen molar-refractivity contribution in [2.75, 3.05) is 84.4 Å². The van der Waals surface area contributed by atoms with E-state index in [2.05, 4.69) is 44.9 Å². The van der Waals surface area contributed by atoms with Gasteiger partial charge in [-0.25, -0.2) is 4.68 Å². The maximum absolute atomic E-state index is 13.2. The van der Waals surface area contributed by atoms with Crippen LogP contribution in [0.25, 0.3) is 16.6 Å². The second-order valence-corrected chi connectivity index (χ2v) is 14.5. The predicted molar refractivity (Wildman–Crippen MR) is 213 cm³/mol. The molecule has 3 aromatic carbocycles. The second-order valence-electron chi connectivity index (χ2n) is 14.5. The van der Waals surface area contributed by atoms with E-state index < -0.39 is 35.6 Å². The highest BCUT2D eigenvalue weighted by Gasteiger charge is 2.45. The molecule has 4 heterocycles. The Morgan fingerprint density at radius 2 is 1.53 bits per heavy atom. The van der Waals surface area contributed by atoms with Gasteiger partial charge in [0.2, 0.25) is 11.8 Å². The number of likely N-dealkylation sites (tertiary alicyclic amines) is 1. The van der Waals surface area contributed by atoms with Crippen molar-refractivity contribution in [2.45, 2.75) is 37.6 Å². The van der Waals surface area contributed by atoms with Crippen molar-refractivity contribution in [3.8, 4) is 5.69 Å². The van der Waals surface area contributed by atoms with Crippen LogP contribution in [-0.2, 0) is 28.5 Å². The number of benzene rings is 3. The van der Waals surface area contributed by atoms with Crippen LogP contribution in [-0.4, -0.2) is 134 Å². The van der Waals surface area contributed by atoms with Crippen LogP contribution in [0.2, 0.25) is 0 Å². The highest BCUT2D eigenvalue weighted by atomic mass is 16.6. The van der Waals surface area contributed by atoms with E-state index in [0.717, 1.165) is 48.4 Å². The molecule has 0 radical (unpaired) electrons. The molecular weight excluding hydrogens is 747 g/mol. The van der Waals surface area contributed by atoms with Crippen LogP contribution in [0.5, 0.6) is 0 Å². The number of hydrogen-bond donors (Lipinski definition) is 3. The van der Waals surface area contributed by atoms with Crippen molar-refractivity contribution in [3.05, 3.63) is 89.1 Å². The summed E-state index contributed by atoms with van der Waals surface area (Å²) in [6.07, 6.45) is 4.36. The second kappa shape index (κ2) is 19.3. The predicted octanol–water partition coefficient (Wildman–Crippen LogP) is 2.88. The van der Waals surface area contributed by atoms with E-state index in [1.165, 1.54) is 5.56 Å². The van der Waals surface area contributed by atoms with Crippen LogP contribution in [0.1, 0.15) is 68.2 Å². The average Bonchev–Trinajstić information content (AvgIpc) is 3.78. The molecule has 1 aromatic heterocycles. The number of amides is 5. The van der Waals surface area contributed by atoms with E-state index in [-0.39, 0.29) is 24.0 Å². The zero-order valence-corrected chi connectivity index (χ0v) is 32.4. The van der Waals surface area contributed by atoms with E-state index in [4.69, 9.17) is 24.7 Å². The van der Waals surface area contributed by atoms with E-state index in [0.29, 0.717) is 82.1 Å². The number of nitrogens with zero attached hydrogens (tertiary/aromatic N) is 4. The molecule has 0 spiro atoms. The Hall–Kier alpha value is -5.52. The first-order valence-electron chi connectivity index (χ1n) is 19.8. The number of rotatable bonds is 20. The third-order valence-corrected chi connectivity index (χ3v) is 10.6. The number of nitrogens with one attached hydrogen (secondary N) is 2. The summed E-state index contributed by atoms with van der Waals surface area (Å²) in [6, 6.07) is 17.8. The van der Waals surface area contributed by atoms with Gasteiger partial charge >= 0.3 is 0 Å². The molecule has 58 heavy (non-hydrogen) atoms. The smallest absolute Gasteiger partial charge is 0.264 e. The number of carbonyl (C=O) groups is 5. The molecule has 2 saturated heterocycles. The van der Waals surface area contributed by atoms with Gasteiger partial charge in [-0.2, -0.15) is 5.10 Å². The number of hydrogen-bond acceptors (Lipinski definition) is 12. The van der Waals surface area contributed by atoms with Gasteiger partial charge in [0.05, 0.1) is 75.2 Å². The van der Waals surface area contributed by atoms with E-state index >= 15 is 0 Å². The Labute approximate surface area is 335 Å². The first-order valence-corrected chi connectivity index (χ1v) is 19.8. The number of ether oxygens (including phenoxy) is 4. The molecule has 4 aromatic rings. The maximum atomic E-state index is 13.2. The molecule has 0 bridgehead atoms. The van der Waals surface area contributed by atoms with Crippen LogP contribution in [0, 0.1) is 0 Å². The lowest BCUT2D eigenvalue weighted by molar-refractivity contribution is -0.136. The summed E-state index contributed by atoms with van der Waals surface area (Å²) in [7, 11) is 0. The summed E-state index contributed by atoms with van der Waals surface area (Å²) in [5, 5.41) is 10.8. The Morgan fingerprint density at radius 3 is 2.26 bits per heavy atom. The molecule has 2 fully saturated rings. The minimum atomic E-state index is -1.01. The van der Waals surface area contributed by atoms with Crippen molar-refractivity contribution >= 4 is 46.1 Å². The fraction of sp³-hybridized carbons (Fsp3) is 0.429. The number of nitrogens with two attached hydrogens (primary N) is 1. The maximum Gasteiger partial charge on any atom is 0.264 e. The van der Waals surface area contributed by atoms with Gasteiger partial charge in [0.1, 0.15) is 11.6 Å². The molecule has 16 heteroatoms. The molecule has 4 N–H and O–H groups in total. The molecule has 0 saturated carbocycles. The lowest BCUT2D eigenvalue weighted by Crippen LogP contribution is -2.54. The van der Waals surface area contributed by atoms with Crippen LogP contribution >= 0.6 is 0 Å². The summed E-state index contributed by atoms with van der Waals surface area (Å²) in [5.74, 6) is -2.20. The molecular formula is C42H49N7O9. The van der Waals surface area contributed by atoms with Crippen molar-refractivity contribution in [1.29, 1.82) is 0 Å². The summed E-state index contributed by atoms with van der Waals surface area (Å²) < 4.78 is 24.5. The summed E-state index contributed by atoms with van der Waals surface area (Å²) in [5.41, 5.74) is 9.71. The number of piperidine rings is 2. The third kappa shape index (κ3) is 9.60. The quantitative estimate of drug-likeness (QED) is 0.0876. The van der Waals surface area contributed by atoms with Gasteiger partial charge in [-0.15, -0.1) is 0 Å². The number of imide groups is 2. The number of aromatic nitrogens is 2. The Morgan fingerprint density at radius 1 is 0.828 bits per heavy atom. The minimum Gasteiger partial charge on any atom is -0.382 e. The van der Waals surface area contributed by atoms with Gasteiger partial charge in [-0.3, -0.25) is 34.2 Å². The molecule has 3 aliphatic heterocycles. The van der Waals surface area contributed by atoms with Crippen LogP contribution < -0.4 is 16.4 Å². The van der Waals surface area contributed by atoms with E-state index in [1.54, 1.807) is 28.9 Å². The molecule has 7 rings (SSSR count). The first-order chi connectivity index (χ1) is 28.3. The van der Waals surface area contributed by atoms with E-state index in [9.17, 15) is 24.0 Å². The molecule has 5 amide bonds. The number of anilines is 1. The van der Waals surface area contributed by atoms with Crippen molar-refractivity contribution in [3.63, 3.8) is 0 Å². The van der Waals surface area contributed by atoms with Gasteiger partial charge in [-0.1, -0.05) is 30.3 Å². The zero-order valence-electron chi connectivity index (χ0n) is 32.4. The lowest BCUT2D eigenvalue weighted by atomic mass is 9.90. The van der Waals surface area contributed by atoms with Crippen molar-refractivity contribution in [2.24, 2.45) is 5.73 Å². The third-order valence-electron chi connectivity index (χ3n) is 10.6. The normalized spacial score (nSPS) is 18.5. The fourth-order valence-corrected chi connectivity index (χ4v) is 7.68. The van der Waals surface area contributed by atoms with Crippen molar-refractivity contribution in [1.82, 2.24) is 24.9 Å². The van der Waals surface area contributed by atoms with Crippen LogP contribution in [0.15, 0.2) is 66.9 Å². The SMILES string of the molecule is NC(=O)c1cccc2cn(-c3ccc([C@@H]4CCCN(CCOCCOCCOCCOCCNc5cccc6c5C(=O)N(C5CCC(=O)NC5=O)C6=O)C4)cc3)nc12. The van der Waals surface area contributed by atoms with Crippen LogP contribution in [0.3, 0.4) is 0 Å². The van der Waals surface area contributed by atoms with Gasteiger partial charge in [-0.05, 0) is 67.6 Å². The highest BCUT2D eigenvalue weighted by Crippen LogP contribution is 2.32. The molecule has 3 aliphatic rings. The molecule has 0 aliphatic carbocycles. The fourth-order valence-electron chi connectivity index (χ4n) is 7.68. The van der Waals surface area contributed by atoms with Gasteiger partial charge in [0, 0.05) is 43.3 Å². The van der Waals surface area contributed by atoms with Crippen LogP contribution in [0.4, 0.5) is 5.69 Å².